The largest absolute Gasteiger partial charge is 0.309 e. The molecule has 0 radical (unpaired) electrons. The van der Waals surface area contributed by atoms with Crippen molar-refractivity contribution in [3.8, 4) is 29.2 Å². The molecule has 214 valence electrons. The van der Waals surface area contributed by atoms with Gasteiger partial charge in [-0.25, -0.2) is 4.98 Å². The highest BCUT2D eigenvalue weighted by molar-refractivity contribution is 6.28. The number of benzene rings is 5. The Labute approximate surface area is 265 Å². The zero-order valence-corrected chi connectivity index (χ0v) is 24.9. The lowest BCUT2D eigenvalue weighted by Crippen LogP contribution is -2.04. The van der Waals surface area contributed by atoms with Gasteiger partial charge in [-0.3, -0.25) is 9.13 Å². The van der Waals surface area contributed by atoms with Crippen LogP contribution in [0.1, 0.15) is 11.3 Å². The maximum absolute atomic E-state index is 5.39. The summed E-state index contributed by atoms with van der Waals surface area (Å²) in [4.78, 5) is 5.39. The van der Waals surface area contributed by atoms with Crippen LogP contribution in [0.4, 0.5) is 0 Å². The van der Waals surface area contributed by atoms with Crippen molar-refractivity contribution in [3.05, 3.63) is 151 Å². The van der Waals surface area contributed by atoms with Gasteiger partial charge >= 0.3 is 0 Å². The van der Waals surface area contributed by atoms with Crippen molar-refractivity contribution in [2.24, 2.45) is 0 Å². The van der Waals surface area contributed by atoms with Crippen LogP contribution in [0.5, 0.6) is 0 Å². The van der Waals surface area contributed by atoms with E-state index in [-0.39, 0.29) is 0 Å². The van der Waals surface area contributed by atoms with Crippen molar-refractivity contribution in [2.45, 2.75) is 6.42 Å². The maximum Gasteiger partial charge on any atom is 0.140 e. The summed E-state index contributed by atoms with van der Waals surface area (Å²) in [6.07, 6.45) is 4.80. The molecule has 0 N–H and O–H groups in total. The van der Waals surface area contributed by atoms with Gasteiger partial charge in [0, 0.05) is 39.0 Å². The smallest absolute Gasteiger partial charge is 0.140 e. The Morgan fingerprint density at radius 3 is 1.76 bits per heavy atom. The molecule has 4 heteroatoms. The molecule has 5 aromatic carbocycles. The Bertz CT molecular complexity index is 2780. The predicted octanol–water partition coefficient (Wildman–Crippen LogP) is 9.79. The van der Waals surface area contributed by atoms with Crippen LogP contribution in [0, 0.1) is 11.8 Å². The summed E-state index contributed by atoms with van der Waals surface area (Å²) in [6, 6.07) is 47.6. The van der Waals surface area contributed by atoms with Gasteiger partial charge in [0.2, 0.25) is 0 Å². The summed E-state index contributed by atoms with van der Waals surface area (Å²) in [5.74, 6) is 8.23. The minimum absolute atomic E-state index is 0.717. The summed E-state index contributed by atoms with van der Waals surface area (Å²) in [7, 11) is 0. The molecule has 4 heterocycles. The van der Waals surface area contributed by atoms with Gasteiger partial charge in [-0.05, 0) is 72.3 Å². The van der Waals surface area contributed by atoms with Crippen molar-refractivity contribution in [1.82, 2.24) is 18.7 Å². The van der Waals surface area contributed by atoms with Gasteiger partial charge in [-0.2, -0.15) is 0 Å². The monoisotopic (exact) mass is 586 g/mol. The van der Waals surface area contributed by atoms with Crippen molar-refractivity contribution >= 4 is 60.6 Å². The topological polar surface area (TPSA) is 27.7 Å². The van der Waals surface area contributed by atoms with Crippen molar-refractivity contribution in [1.29, 1.82) is 0 Å². The number of rotatable bonds is 3. The van der Waals surface area contributed by atoms with E-state index in [1.807, 2.05) is 6.08 Å². The molecule has 4 aromatic heterocycles. The standard InChI is InChI=1S/C42H26N4/c1-3-14-28(15-4-1)44-35-22-11-8-18-31(35)41-37(44)26-27-38-42(41)32-19-9-12-23-36(32)46(38)40-25-13-24-39(43-40)45-33-20-6-2-5-16-29(33)30-17-7-10-21-34(30)45/h1,3-4,6-15,17-27H,16H2. The van der Waals surface area contributed by atoms with Crippen LogP contribution >= 0.6 is 0 Å². The number of fused-ring (bicyclic) bond motifs is 10. The minimum atomic E-state index is 0.717. The molecule has 0 atom stereocenters. The van der Waals surface area contributed by atoms with E-state index in [2.05, 4.69) is 165 Å². The first-order valence-electron chi connectivity index (χ1n) is 15.6. The van der Waals surface area contributed by atoms with E-state index in [1.165, 1.54) is 43.5 Å². The molecular weight excluding hydrogens is 560 g/mol. The maximum atomic E-state index is 5.39. The fourth-order valence-corrected chi connectivity index (χ4v) is 7.53. The Morgan fingerprint density at radius 2 is 1.04 bits per heavy atom. The number of hydrogen-bond donors (Lipinski definition) is 0. The molecule has 0 aliphatic heterocycles. The van der Waals surface area contributed by atoms with Crippen LogP contribution in [-0.4, -0.2) is 18.7 Å². The number of para-hydroxylation sites is 4. The van der Waals surface area contributed by atoms with Gasteiger partial charge < -0.3 is 4.57 Å². The molecule has 9 aromatic rings. The van der Waals surface area contributed by atoms with Gasteiger partial charge in [0.05, 0.1) is 33.3 Å². The van der Waals surface area contributed by atoms with Crippen LogP contribution in [0.3, 0.4) is 0 Å². The number of allylic oxidation sites excluding steroid dienone is 1. The quantitative estimate of drug-likeness (QED) is 0.189. The zero-order valence-electron chi connectivity index (χ0n) is 24.9. The molecule has 0 bridgehead atoms. The second kappa shape index (κ2) is 9.59. The Morgan fingerprint density at radius 1 is 0.478 bits per heavy atom. The Balaban J connectivity index is 1.28. The normalized spacial score (nSPS) is 12.6. The third-order valence-corrected chi connectivity index (χ3v) is 9.38. The second-order valence-electron chi connectivity index (χ2n) is 11.8. The van der Waals surface area contributed by atoms with Gasteiger partial charge in [0.15, 0.2) is 0 Å². The van der Waals surface area contributed by atoms with E-state index >= 15 is 0 Å². The van der Waals surface area contributed by atoms with Gasteiger partial charge in [0.25, 0.3) is 0 Å². The zero-order chi connectivity index (χ0) is 30.2. The molecule has 0 saturated heterocycles. The molecule has 4 nitrogen and oxygen atoms in total. The molecule has 1 aliphatic rings. The molecule has 0 unspecified atom stereocenters. The summed E-state index contributed by atoms with van der Waals surface area (Å²) in [6.45, 7) is 0. The number of hydrogen-bond acceptors (Lipinski definition) is 1. The van der Waals surface area contributed by atoms with Gasteiger partial charge in [-0.15, -0.1) is 0 Å². The fourth-order valence-electron chi connectivity index (χ4n) is 7.53. The lowest BCUT2D eigenvalue weighted by molar-refractivity contribution is 0.981. The van der Waals surface area contributed by atoms with Gasteiger partial charge in [0.1, 0.15) is 11.6 Å². The molecular formula is C42H26N4. The molecule has 1 aliphatic carbocycles. The highest BCUT2D eigenvalue weighted by Gasteiger charge is 2.22. The SMILES string of the molecule is C1#CCc2c(n(-c3cccc(-n4c5ccccc5c5c6c7ccccc7n(-c7ccccc7)c6ccc54)n3)c3ccccc23)C=C1. The summed E-state index contributed by atoms with van der Waals surface area (Å²) >= 11 is 0. The van der Waals surface area contributed by atoms with Crippen molar-refractivity contribution in [3.63, 3.8) is 0 Å². The lowest BCUT2D eigenvalue weighted by atomic mass is 10.1. The first-order chi connectivity index (χ1) is 22.9. The summed E-state index contributed by atoms with van der Waals surface area (Å²) in [5.41, 5.74) is 9.34. The van der Waals surface area contributed by atoms with E-state index in [0.717, 1.165) is 46.0 Å². The molecule has 10 rings (SSSR count). The third kappa shape index (κ3) is 3.43. The minimum Gasteiger partial charge on any atom is -0.309 e. The first kappa shape index (κ1) is 25.1. The van der Waals surface area contributed by atoms with Crippen LogP contribution in [0.15, 0.2) is 140 Å². The van der Waals surface area contributed by atoms with Crippen LogP contribution < -0.4 is 0 Å². The fraction of sp³-hybridized carbons (Fsp3) is 0.0238. The highest BCUT2D eigenvalue weighted by atomic mass is 15.1. The average molecular weight is 587 g/mol. The number of nitrogens with zero attached hydrogens (tertiary/aromatic N) is 4. The Kier molecular flexibility index (Phi) is 5.23. The van der Waals surface area contributed by atoms with Gasteiger partial charge in [-0.1, -0.05) is 90.7 Å². The van der Waals surface area contributed by atoms with Crippen LogP contribution in [0.2, 0.25) is 0 Å². The Hall–Kier alpha value is -6.31. The van der Waals surface area contributed by atoms with E-state index in [9.17, 15) is 0 Å². The predicted molar refractivity (Wildman–Crippen MR) is 190 cm³/mol. The highest BCUT2D eigenvalue weighted by Crippen LogP contribution is 2.42. The van der Waals surface area contributed by atoms with Crippen LogP contribution in [-0.2, 0) is 6.42 Å². The molecule has 0 spiro atoms. The number of pyridine rings is 1. The molecule has 0 fully saturated rings. The first-order valence-corrected chi connectivity index (χ1v) is 15.6. The van der Waals surface area contributed by atoms with Crippen molar-refractivity contribution < 1.29 is 0 Å². The van der Waals surface area contributed by atoms with E-state index in [0.29, 0.717) is 0 Å². The molecule has 0 amide bonds. The van der Waals surface area contributed by atoms with Crippen molar-refractivity contribution in [2.75, 3.05) is 0 Å². The second-order valence-corrected chi connectivity index (χ2v) is 11.8. The van der Waals surface area contributed by atoms with E-state index in [4.69, 9.17) is 4.98 Å². The number of aromatic nitrogens is 4. The van der Waals surface area contributed by atoms with E-state index < -0.39 is 0 Å². The average Bonchev–Trinajstić information content (AvgIpc) is 3.66. The third-order valence-electron chi connectivity index (χ3n) is 9.38. The molecule has 46 heavy (non-hydrogen) atoms. The lowest BCUT2D eigenvalue weighted by Gasteiger charge is -2.12. The summed E-state index contributed by atoms with van der Waals surface area (Å²) in [5, 5.41) is 6.18. The summed E-state index contributed by atoms with van der Waals surface area (Å²) < 4.78 is 6.99. The molecule has 0 saturated carbocycles. The van der Waals surface area contributed by atoms with E-state index in [1.54, 1.807) is 0 Å². The van der Waals surface area contributed by atoms with Crippen LogP contribution in [0.25, 0.3) is 77.9 Å².